The number of carbonyl (C=O) groups excluding carboxylic acids is 1. The van der Waals surface area contributed by atoms with E-state index in [0.29, 0.717) is 22.1 Å². The third-order valence-electron chi connectivity index (χ3n) is 6.07. The van der Waals surface area contributed by atoms with Gasteiger partial charge in [-0.05, 0) is 37.5 Å². The Balaban J connectivity index is 1.92. The van der Waals surface area contributed by atoms with Gasteiger partial charge in [-0.2, -0.15) is 0 Å². The fraction of sp³-hybridized carbons (Fsp3) is 0.737. The molecule has 0 unspecified atom stereocenters. The molecule has 24 heavy (non-hydrogen) atoms. The van der Waals surface area contributed by atoms with Gasteiger partial charge in [-0.3, -0.25) is 4.79 Å². The molecule has 0 aromatic rings. The van der Waals surface area contributed by atoms with Gasteiger partial charge < -0.3 is 5.32 Å². The Kier molecular flexibility index (Phi) is 5.61. The Morgan fingerprint density at radius 1 is 1.17 bits per heavy atom. The van der Waals surface area contributed by atoms with Gasteiger partial charge in [-0.1, -0.05) is 55.8 Å². The molecule has 134 valence electrons. The lowest BCUT2D eigenvalue weighted by Gasteiger charge is -2.38. The molecule has 1 atom stereocenters. The summed E-state index contributed by atoms with van der Waals surface area (Å²) >= 11 is 12.6. The van der Waals surface area contributed by atoms with Crippen molar-refractivity contribution in [1.82, 2.24) is 5.32 Å². The van der Waals surface area contributed by atoms with Gasteiger partial charge >= 0.3 is 0 Å². The van der Waals surface area contributed by atoms with Crippen LogP contribution in [0.15, 0.2) is 21.5 Å². The highest BCUT2D eigenvalue weighted by Crippen LogP contribution is 2.48. The molecular formula is C19H26Cl2FNO. The van der Waals surface area contributed by atoms with Crippen LogP contribution in [-0.2, 0) is 4.79 Å². The van der Waals surface area contributed by atoms with Gasteiger partial charge in [0.05, 0.1) is 11.1 Å². The average molecular weight is 374 g/mol. The zero-order valence-corrected chi connectivity index (χ0v) is 15.8. The maximum Gasteiger partial charge on any atom is 0.223 e. The van der Waals surface area contributed by atoms with E-state index >= 15 is 0 Å². The third kappa shape index (κ3) is 3.53. The van der Waals surface area contributed by atoms with E-state index in [-0.39, 0.29) is 35.5 Å². The lowest BCUT2D eigenvalue weighted by Crippen LogP contribution is -2.49. The summed E-state index contributed by atoms with van der Waals surface area (Å²) < 4.78 is 14.7. The van der Waals surface area contributed by atoms with Crippen molar-refractivity contribution in [3.05, 3.63) is 21.5 Å². The van der Waals surface area contributed by atoms with Crippen LogP contribution in [-0.4, -0.2) is 11.9 Å². The predicted octanol–water partition coefficient (Wildman–Crippen LogP) is 5.95. The Morgan fingerprint density at radius 3 is 2.42 bits per heavy atom. The summed E-state index contributed by atoms with van der Waals surface area (Å²) in [6.07, 6.45) is 8.94. The minimum absolute atomic E-state index is 0.0529. The summed E-state index contributed by atoms with van der Waals surface area (Å²) in [6.45, 7) is 2.15. The molecular weight excluding hydrogens is 348 g/mol. The maximum absolute atomic E-state index is 14.7. The van der Waals surface area contributed by atoms with Gasteiger partial charge in [-0.25, -0.2) is 4.39 Å². The summed E-state index contributed by atoms with van der Waals surface area (Å²) in [5.41, 5.74) is 0.277. The van der Waals surface area contributed by atoms with E-state index in [9.17, 15) is 9.18 Å². The van der Waals surface area contributed by atoms with Crippen LogP contribution >= 0.6 is 23.2 Å². The van der Waals surface area contributed by atoms with E-state index in [4.69, 9.17) is 23.2 Å². The molecule has 1 N–H and O–H groups in total. The highest BCUT2D eigenvalue weighted by Gasteiger charge is 2.43. The quantitative estimate of drug-likeness (QED) is 0.647. The molecule has 3 aliphatic carbocycles. The predicted molar refractivity (Wildman–Crippen MR) is 96.6 cm³/mol. The molecule has 0 aliphatic heterocycles. The van der Waals surface area contributed by atoms with Crippen LogP contribution < -0.4 is 5.32 Å². The smallest absolute Gasteiger partial charge is 0.223 e. The summed E-state index contributed by atoms with van der Waals surface area (Å²) in [6, 6.07) is -0.380. The molecule has 1 amide bonds. The molecule has 0 saturated heterocycles. The Labute approximate surface area is 153 Å². The van der Waals surface area contributed by atoms with Crippen molar-refractivity contribution in [3.63, 3.8) is 0 Å². The fourth-order valence-corrected chi connectivity index (χ4v) is 5.03. The molecule has 0 heterocycles. The second kappa shape index (κ2) is 7.37. The number of rotatable bonds is 4. The lowest BCUT2D eigenvalue weighted by atomic mass is 9.75. The topological polar surface area (TPSA) is 29.1 Å². The van der Waals surface area contributed by atoms with Crippen LogP contribution in [0.25, 0.3) is 0 Å². The first-order chi connectivity index (χ1) is 11.4. The van der Waals surface area contributed by atoms with Crippen LogP contribution in [0.1, 0.15) is 71.1 Å². The zero-order valence-electron chi connectivity index (χ0n) is 14.3. The second-order valence-electron chi connectivity index (χ2n) is 7.82. The first-order valence-corrected chi connectivity index (χ1v) is 9.91. The Hall–Kier alpha value is -0.540. The van der Waals surface area contributed by atoms with E-state index < -0.39 is 0 Å². The highest BCUT2D eigenvalue weighted by molar-refractivity contribution is 6.41. The van der Waals surface area contributed by atoms with Gasteiger partial charge in [0, 0.05) is 22.9 Å². The van der Waals surface area contributed by atoms with Crippen molar-refractivity contribution in [1.29, 1.82) is 0 Å². The minimum Gasteiger partial charge on any atom is -0.348 e. The molecule has 2 nitrogen and oxygen atoms in total. The standard InChI is InChI=1S/C19H26Cl2FNO/c1-19(10-4-5-11-19)17(23-18(24)12-6-2-3-7-12)15-14(22)9-8-13(20)16(15)21/h12,17H,2-11H2,1H3,(H,23,24)/t17-/m1/s1. The van der Waals surface area contributed by atoms with Crippen molar-refractivity contribution in [2.75, 3.05) is 0 Å². The van der Waals surface area contributed by atoms with Crippen molar-refractivity contribution in [3.8, 4) is 0 Å². The van der Waals surface area contributed by atoms with Gasteiger partial charge in [0.2, 0.25) is 5.91 Å². The fourth-order valence-electron chi connectivity index (χ4n) is 4.53. The van der Waals surface area contributed by atoms with Crippen molar-refractivity contribution < 1.29 is 9.18 Å². The molecule has 0 spiro atoms. The number of carbonyl (C=O) groups is 1. The van der Waals surface area contributed by atoms with Gasteiger partial charge in [0.15, 0.2) is 0 Å². The molecule has 2 fully saturated rings. The number of nitrogens with one attached hydrogen (secondary N) is 1. The van der Waals surface area contributed by atoms with Crippen molar-refractivity contribution >= 4 is 29.1 Å². The van der Waals surface area contributed by atoms with E-state index in [1.807, 2.05) is 0 Å². The van der Waals surface area contributed by atoms with Crippen LogP contribution in [0, 0.1) is 11.3 Å². The molecule has 2 saturated carbocycles. The summed E-state index contributed by atoms with van der Waals surface area (Å²) in [4.78, 5) is 12.7. The normalized spacial score (nSPS) is 26.2. The van der Waals surface area contributed by atoms with E-state index in [1.54, 1.807) is 0 Å². The molecule has 3 aliphatic rings. The lowest BCUT2D eigenvalue weighted by molar-refractivity contribution is -0.126. The number of amides is 1. The van der Waals surface area contributed by atoms with Crippen molar-refractivity contribution in [2.24, 2.45) is 11.3 Å². The largest absolute Gasteiger partial charge is 0.348 e. The van der Waals surface area contributed by atoms with Gasteiger partial charge in [-0.15, -0.1) is 0 Å². The van der Waals surface area contributed by atoms with Gasteiger partial charge in [0.1, 0.15) is 5.83 Å². The maximum atomic E-state index is 14.7. The molecule has 0 aromatic carbocycles. The van der Waals surface area contributed by atoms with E-state index in [2.05, 4.69) is 12.2 Å². The van der Waals surface area contributed by atoms with E-state index in [1.165, 1.54) is 0 Å². The molecule has 3 rings (SSSR count). The molecule has 0 bridgehead atoms. The third-order valence-corrected chi connectivity index (χ3v) is 6.98. The summed E-state index contributed by atoms with van der Waals surface area (Å²) in [5, 5.41) is 4.00. The van der Waals surface area contributed by atoms with E-state index in [0.717, 1.165) is 51.4 Å². The first-order valence-electron chi connectivity index (χ1n) is 9.16. The summed E-state index contributed by atoms with van der Waals surface area (Å²) in [5.74, 6) is -0.102. The molecule has 0 radical (unpaired) electrons. The van der Waals surface area contributed by atoms with Crippen molar-refractivity contribution in [2.45, 2.75) is 77.2 Å². The number of halogens is 3. The monoisotopic (exact) mass is 373 g/mol. The van der Waals surface area contributed by atoms with Crippen LogP contribution in [0.5, 0.6) is 0 Å². The minimum atomic E-state index is -0.380. The number of hydrogen-bond acceptors (Lipinski definition) is 1. The average Bonchev–Trinajstić information content (AvgIpc) is 3.22. The highest BCUT2D eigenvalue weighted by atomic mass is 35.5. The zero-order chi connectivity index (χ0) is 17.3. The van der Waals surface area contributed by atoms with Gasteiger partial charge in [0.25, 0.3) is 0 Å². The number of hydrogen-bond donors (Lipinski definition) is 1. The Morgan fingerprint density at radius 2 is 1.79 bits per heavy atom. The first kappa shape index (κ1) is 18.3. The Bertz CT molecular complexity index is 572. The van der Waals surface area contributed by atoms with Crippen LogP contribution in [0.4, 0.5) is 4.39 Å². The second-order valence-corrected chi connectivity index (χ2v) is 8.66. The SMILES string of the molecule is CC1([C@H](NC(=O)C2CCCC2)C2=C(F)CCC(Cl)=C2Cl)CCCC1. The molecule has 5 heteroatoms. The number of allylic oxidation sites excluding steroid dienone is 2. The molecule has 0 aromatic heterocycles. The van der Waals surface area contributed by atoms with Crippen LogP contribution in [0.2, 0.25) is 0 Å². The van der Waals surface area contributed by atoms with Crippen LogP contribution in [0.3, 0.4) is 0 Å². The summed E-state index contributed by atoms with van der Waals surface area (Å²) in [7, 11) is 0.